The number of rotatable bonds is 5. The van der Waals surface area contributed by atoms with Crippen molar-refractivity contribution in [3.63, 3.8) is 0 Å². The van der Waals surface area contributed by atoms with Crippen LogP contribution in [0, 0.1) is 0 Å². The highest BCUT2D eigenvalue weighted by Gasteiger charge is 2.14. The summed E-state index contributed by atoms with van der Waals surface area (Å²) in [5.74, 6) is -1.20. The first-order chi connectivity index (χ1) is 13.6. The number of benzene rings is 1. The predicted molar refractivity (Wildman–Crippen MR) is 101 cm³/mol. The fourth-order valence-corrected chi connectivity index (χ4v) is 2.60. The van der Waals surface area contributed by atoms with Crippen molar-refractivity contribution < 1.29 is 23.2 Å². The number of carbonyl (C=O) groups is 3. The number of para-hydroxylation sites is 1. The maximum Gasteiger partial charge on any atom is 0.327 e. The van der Waals surface area contributed by atoms with Crippen LogP contribution in [0.1, 0.15) is 24.0 Å². The van der Waals surface area contributed by atoms with Gasteiger partial charge in [-0.1, -0.05) is 25.1 Å². The zero-order valence-corrected chi connectivity index (χ0v) is 15.2. The second-order valence-corrected chi connectivity index (χ2v) is 5.83. The van der Waals surface area contributed by atoms with E-state index in [0.29, 0.717) is 12.2 Å². The second-order valence-electron chi connectivity index (χ2n) is 5.83. The van der Waals surface area contributed by atoms with Crippen molar-refractivity contribution in [3.8, 4) is 0 Å². The molecule has 1 aromatic carbocycles. The third-order valence-corrected chi connectivity index (χ3v) is 3.94. The number of amides is 3. The van der Waals surface area contributed by atoms with Gasteiger partial charge < -0.3 is 14.2 Å². The highest BCUT2D eigenvalue weighted by atomic mass is 16.3. The molecule has 0 saturated heterocycles. The number of fused-ring (bicyclic) bond motifs is 1. The first kappa shape index (κ1) is 19.0. The molecular formula is C20H19N3O5. The van der Waals surface area contributed by atoms with Crippen LogP contribution in [0.2, 0.25) is 0 Å². The number of nitrogens with one attached hydrogen (secondary N) is 3. The Bertz CT molecular complexity index is 1020. The third-order valence-electron chi connectivity index (χ3n) is 3.94. The molecule has 0 aliphatic rings. The molecule has 28 heavy (non-hydrogen) atoms. The summed E-state index contributed by atoms with van der Waals surface area (Å²) in [6, 6.07) is 10.8. The SMILES string of the molecule is CCc1oc2ccccc2c1/C=C/C(=O)NNC(=O)C(=O)NCc1ccco1. The van der Waals surface area contributed by atoms with Crippen molar-refractivity contribution >= 4 is 34.8 Å². The Morgan fingerprint density at radius 2 is 1.86 bits per heavy atom. The van der Waals surface area contributed by atoms with Crippen LogP contribution >= 0.6 is 0 Å². The molecular weight excluding hydrogens is 362 g/mol. The van der Waals surface area contributed by atoms with Gasteiger partial charge in [0, 0.05) is 23.4 Å². The maximum absolute atomic E-state index is 12.0. The van der Waals surface area contributed by atoms with Gasteiger partial charge >= 0.3 is 11.8 Å². The summed E-state index contributed by atoms with van der Waals surface area (Å²) in [7, 11) is 0. The van der Waals surface area contributed by atoms with E-state index in [0.717, 1.165) is 22.3 Å². The minimum Gasteiger partial charge on any atom is -0.467 e. The highest BCUT2D eigenvalue weighted by molar-refractivity contribution is 6.35. The predicted octanol–water partition coefficient (Wildman–Crippen LogP) is 2.07. The fourth-order valence-electron chi connectivity index (χ4n) is 2.60. The van der Waals surface area contributed by atoms with Crippen LogP contribution in [0.15, 0.2) is 57.6 Å². The molecule has 0 atom stereocenters. The molecule has 2 aromatic heterocycles. The van der Waals surface area contributed by atoms with Gasteiger partial charge in [-0.15, -0.1) is 0 Å². The molecule has 0 spiro atoms. The molecule has 0 bridgehead atoms. The normalized spacial score (nSPS) is 10.9. The number of hydrazine groups is 1. The van der Waals surface area contributed by atoms with Gasteiger partial charge in [0.05, 0.1) is 12.8 Å². The van der Waals surface area contributed by atoms with Crippen LogP contribution in [0.25, 0.3) is 17.0 Å². The molecule has 3 amide bonds. The van der Waals surface area contributed by atoms with E-state index in [4.69, 9.17) is 8.83 Å². The van der Waals surface area contributed by atoms with Crippen LogP contribution in [-0.2, 0) is 27.3 Å². The molecule has 8 heteroatoms. The first-order valence-corrected chi connectivity index (χ1v) is 8.67. The van der Waals surface area contributed by atoms with Gasteiger partial charge in [0.2, 0.25) is 0 Å². The van der Waals surface area contributed by atoms with E-state index in [2.05, 4.69) is 16.2 Å². The van der Waals surface area contributed by atoms with E-state index in [1.54, 1.807) is 18.2 Å². The molecule has 3 N–H and O–H groups in total. The Labute approximate surface area is 160 Å². The average molecular weight is 381 g/mol. The lowest BCUT2D eigenvalue weighted by Gasteiger charge is -2.05. The molecule has 8 nitrogen and oxygen atoms in total. The van der Waals surface area contributed by atoms with Crippen molar-refractivity contribution in [2.24, 2.45) is 0 Å². The fraction of sp³-hybridized carbons (Fsp3) is 0.150. The third kappa shape index (κ3) is 4.47. The molecule has 0 aliphatic carbocycles. The van der Waals surface area contributed by atoms with Crippen molar-refractivity contribution in [1.82, 2.24) is 16.2 Å². The van der Waals surface area contributed by atoms with E-state index in [-0.39, 0.29) is 6.54 Å². The molecule has 2 heterocycles. The first-order valence-electron chi connectivity index (χ1n) is 8.67. The number of aryl methyl sites for hydroxylation is 1. The summed E-state index contributed by atoms with van der Waals surface area (Å²) in [5.41, 5.74) is 5.76. The number of furan rings is 2. The lowest BCUT2D eigenvalue weighted by Crippen LogP contribution is -2.47. The summed E-state index contributed by atoms with van der Waals surface area (Å²) in [6.07, 6.45) is 5.00. The monoisotopic (exact) mass is 381 g/mol. The molecule has 0 fully saturated rings. The molecule has 0 aliphatic heterocycles. The Balaban J connectivity index is 1.54. The maximum atomic E-state index is 12.0. The van der Waals surface area contributed by atoms with Gasteiger partial charge in [0.25, 0.3) is 5.91 Å². The number of carbonyl (C=O) groups excluding carboxylic acids is 3. The standard InChI is InChI=1S/C20H19N3O5/c1-2-16-15(14-7-3-4-8-17(14)28-16)9-10-18(24)22-23-20(26)19(25)21-12-13-6-5-11-27-13/h3-11H,2,12H2,1H3,(H,21,25)(H,22,24)(H,23,26)/b10-9+. The Kier molecular flexibility index (Phi) is 5.91. The summed E-state index contributed by atoms with van der Waals surface area (Å²) in [6.45, 7) is 2.02. The number of hydrogen-bond acceptors (Lipinski definition) is 5. The van der Waals surface area contributed by atoms with Crippen molar-refractivity contribution in [2.45, 2.75) is 19.9 Å². The smallest absolute Gasteiger partial charge is 0.327 e. The van der Waals surface area contributed by atoms with Gasteiger partial charge in [-0.25, -0.2) is 0 Å². The second kappa shape index (κ2) is 8.72. The Morgan fingerprint density at radius 3 is 2.61 bits per heavy atom. The van der Waals surface area contributed by atoms with Crippen LogP contribution < -0.4 is 16.2 Å². The van der Waals surface area contributed by atoms with Crippen LogP contribution in [0.5, 0.6) is 0 Å². The summed E-state index contributed by atoms with van der Waals surface area (Å²) < 4.78 is 10.8. The van der Waals surface area contributed by atoms with Crippen LogP contribution in [0.4, 0.5) is 0 Å². The summed E-state index contributed by atoms with van der Waals surface area (Å²) >= 11 is 0. The van der Waals surface area contributed by atoms with Crippen LogP contribution in [-0.4, -0.2) is 17.7 Å². The average Bonchev–Trinajstić information content (AvgIpc) is 3.35. The topological polar surface area (TPSA) is 114 Å². The highest BCUT2D eigenvalue weighted by Crippen LogP contribution is 2.27. The molecule has 0 unspecified atom stereocenters. The zero-order valence-electron chi connectivity index (χ0n) is 15.2. The lowest BCUT2D eigenvalue weighted by molar-refractivity contribution is -0.140. The van der Waals surface area contributed by atoms with E-state index in [1.807, 2.05) is 31.2 Å². The van der Waals surface area contributed by atoms with Gasteiger partial charge in [0.15, 0.2) is 0 Å². The molecule has 0 radical (unpaired) electrons. The molecule has 3 rings (SSSR count). The molecule has 144 valence electrons. The zero-order chi connectivity index (χ0) is 19.9. The lowest BCUT2D eigenvalue weighted by atomic mass is 10.1. The quantitative estimate of drug-likeness (QED) is 0.356. The van der Waals surface area contributed by atoms with Gasteiger partial charge in [0.1, 0.15) is 17.1 Å². The van der Waals surface area contributed by atoms with Crippen LogP contribution in [0.3, 0.4) is 0 Å². The van der Waals surface area contributed by atoms with Gasteiger partial charge in [-0.2, -0.15) is 0 Å². The van der Waals surface area contributed by atoms with Crippen molar-refractivity contribution in [2.75, 3.05) is 0 Å². The molecule has 0 saturated carbocycles. The summed E-state index contributed by atoms with van der Waals surface area (Å²) in [4.78, 5) is 35.3. The minimum absolute atomic E-state index is 0.0699. The minimum atomic E-state index is -0.990. The summed E-state index contributed by atoms with van der Waals surface area (Å²) in [5, 5.41) is 3.26. The van der Waals surface area contributed by atoms with Gasteiger partial charge in [-0.05, 0) is 24.3 Å². The Morgan fingerprint density at radius 1 is 1.04 bits per heavy atom. The molecule has 3 aromatic rings. The van der Waals surface area contributed by atoms with Crippen molar-refractivity contribution in [1.29, 1.82) is 0 Å². The van der Waals surface area contributed by atoms with E-state index in [1.165, 1.54) is 12.3 Å². The Hall–Kier alpha value is -3.81. The largest absolute Gasteiger partial charge is 0.467 e. The van der Waals surface area contributed by atoms with E-state index >= 15 is 0 Å². The number of hydrogen-bond donors (Lipinski definition) is 3. The van der Waals surface area contributed by atoms with Gasteiger partial charge in [-0.3, -0.25) is 25.2 Å². The van der Waals surface area contributed by atoms with Crippen molar-refractivity contribution in [3.05, 3.63) is 65.8 Å². The van der Waals surface area contributed by atoms with E-state index < -0.39 is 17.7 Å². The van der Waals surface area contributed by atoms with E-state index in [9.17, 15) is 14.4 Å².